The molecule has 0 spiro atoms. The van der Waals surface area contributed by atoms with Crippen molar-refractivity contribution in [2.24, 2.45) is 5.41 Å². The molecule has 0 unspecified atom stereocenters. The minimum absolute atomic E-state index is 0.00523. The van der Waals surface area contributed by atoms with Crippen molar-refractivity contribution in [3.05, 3.63) is 23.8 Å². The summed E-state index contributed by atoms with van der Waals surface area (Å²) < 4.78 is 5.15. The molecule has 2 rings (SSSR count). The maximum Gasteiger partial charge on any atom is 0.249 e. The van der Waals surface area contributed by atoms with Crippen LogP contribution in [0.15, 0.2) is 18.2 Å². The fourth-order valence-electron chi connectivity index (χ4n) is 4.12. The van der Waals surface area contributed by atoms with Crippen LogP contribution in [0.1, 0.15) is 64.9 Å². The summed E-state index contributed by atoms with van der Waals surface area (Å²) in [5, 5.41) is 3.03. The molecule has 0 atom stereocenters. The number of amides is 2. The van der Waals surface area contributed by atoms with Gasteiger partial charge < -0.3 is 19.9 Å². The van der Waals surface area contributed by atoms with Gasteiger partial charge in [0, 0.05) is 51.6 Å². The highest BCUT2D eigenvalue weighted by Crippen LogP contribution is 2.29. The van der Waals surface area contributed by atoms with E-state index in [0.29, 0.717) is 13.0 Å². The first kappa shape index (κ1) is 24.2. The SMILES string of the molecule is COCC(=O)N(Cc1cc(NC(=O)CC(C)(C)C)ccc1N(C)C)C1CCCCC1. The number of anilines is 2. The first-order valence-electron chi connectivity index (χ1n) is 11.0. The van der Waals surface area contributed by atoms with Crippen molar-refractivity contribution < 1.29 is 14.3 Å². The number of carbonyl (C=O) groups is 2. The number of benzene rings is 1. The summed E-state index contributed by atoms with van der Waals surface area (Å²) in [6.45, 7) is 6.77. The summed E-state index contributed by atoms with van der Waals surface area (Å²) in [5.74, 6) is 0.0296. The molecule has 1 aliphatic rings. The maximum atomic E-state index is 12.9. The lowest BCUT2D eigenvalue weighted by atomic mass is 9.92. The van der Waals surface area contributed by atoms with Gasteiger partial charge in [-0.1, -0.05) is 40.0 Å². The molecule has 0 bridgehead atoms. The van der Waals surface area contributed by atoms with E-state index in [4.69, 9.17) is 4.74 Å². The molecule has 168 valence electrons. The topological polar surface area (TPSA) is 61.9 Å². The average Bonchev–Trinajstić information content (AvgIpc) is 2.65. The van der Waals surface area contributed by atoms with E-state index in [-0.39, 0.29) is 29.9 Å². The van der Waals surface area contributed by atoms with Crippen LogP contribution in [0.3, 0.4) is 0 Å². The summed E-state index contributed by atoms with van der Waals surface area (Å²) >= 11 is 0. The van der Waals surface area contributed by atoms with Crippen molar-refractivity contribution in [1.29, 1.82) is 0 Å². The van der Waals surface area contributed by atoms with Crippen molar-refractivity contribution in [2.45, 2.75) is 71.9 Å². The van der Waals surface area contributed by atoms with Crippen molar-refractivity contribution in [3.63, 3.8) is 0 Å². The average molecular weight is 418 g/mol. The first-order valence-corrected chi connectivity index (χ1v) is 11.0. The molecule has 30 heavy (non-hydrogen) atoms. The van der Waals surface area contributed by atoms with Crippen molar-refractivity contribution in [1.82, 2.24) is 4.90 Å². The lowest BCUT2D eigenvalue weighted by molar-refractivity contribution is -0.139. The summed E-state index contributed by atoms with van der Waals surface area (Å²) in [7, 11) is 5.56. The lowest BCUT2D eigenvalue weighted by Crippen LogP contribution is -2.42. The fourth-order valence-corrected chi connectivity index (χ4v) is 4.12. The second-order valence-electron chi connectivity index (χ2n) is 9.77. The number of hydrogen-bond acceptors (Lipinski definition) is 4. The highest BCUT2D eigenvalue weighted by atomic mass is 16.5. The first-order chi connectivity index (χ1) is 14.1. The van der Waals surface area contributed by atoms with E-state index in [9.17, 15) is 9.59 Å². The molecular weight excluding hydrogens is 378 g/mol. The van der Waals surface area contributed by atoms with Gasteiger partial charge in [0.2, 0.25) is 11.8 Å². The molecule has 1 aliphatic carbocycles. The fraction of sp³-hybridized carbons (Fsp3) is 0.667. The normalized spacial score (nSPS) is 15.0. The van der Waals surface area contributed by atoms with Crippen LogP contribution >= 0.6 is 0 Å². The molecule has 6 heteroatoms. The van der Waals surface area contributed by atoms with E-state index >= 15 is 0 Å². The molecule has 0 aromatic heterocycles. The molecule has 0 saturated heterocycles. The number of ether oxygens (including phenoxy) is 1. The molecule has 0 aliphatic heterocycles. The van der Waals surface area contributed by atoms with Gasteiger partial charge in [-0.15, -0.1) is 0 Å². The summed E-state index contributed by atoms with van der Waals surface area (Å²) in [6.07, 6.45) is 6.08. The largest absolute Gasteiger partial charge is 0.377 e. The number of nitrogens with zero attached hydrogens (tertiary/aromatic N) is 2. The highest BCUT2D eigenvalue weighted by molar-refractivity contribution is 5.91. The van der Waals surface area contributed by atoms with Crippen LogP contribution in [0.25, 0.3) is 0 Å². The Kier molecular flexibility index (Phi) is 8.71. The van der Waals surface area contributed by atoms with E-state index < -0.39 is 0 Å². The third-order valence-electron chi connectivity index (χ3n) is 5.48. The van der Waals surface area contributed by atoms with E-state index in [2.05, 4.69) is 31.0 Å². The smallest absolute Gasteiger partial charge is 0.249 e. The van der Waals surface area contributed by atoms with Gasteiger partial charge in [0.15, 0.2) is 0 Å². The molecule has 1 aromatic carbocycles. The Morgan fingerprint density at radius 2 is 1.80 bits per heavy atom. The zero-order valence-corrected chi connectivity index (χ0v) is 19.6. The highest BCUT2D eigenvalue weighted by Gasteiger charge is 2.26. The maximum absolute atomic E-state index is 12.9. The van der Waals surface area contributed by atoms with Crippen LogP contribution in [0.2, 0.25) is 0 Å². The van der Waals surface area contributed by atoms with Crippen LogP contribution in [0.4, 0.5) is 11.4 Å². The predicted molar refractivity (Wildman–Crippen MR) is 123 cm³/mol. The van der Waals surface area contributed by atoms with E-state index in [1.807, 2.05) is 37.2 Å². The van der Waals surface area contributed by atoms with Crippen LogP contribution in [0.5, 0.6) is 0 Å². The van der Waals surface area contributed by atoms with Crippen molar-refractivity contribution in [3.8, 4) is 0 Å². The summed E-state index contributed by atoms with van der Waals surface area (Å²) in [4.78, 5) is 29.3. The summed E-state index contributed by atoms with van der Waals surface area (Å²) in [6, 6.07) is 6.20. The Bertz CT molecular complexity index is 719. The molecule has 2 amide bonds. The third-order valence-corrected chi connectivity index (χ3v) is 5.48. The zero-order valence-electron chi connectivity index (χ0n) is 19.6. The van der Waals surface area contributed by atoms with E-state index in [1.54, 1.807) is 7.11 Å². The van der Waals surface area contributed by atoms with E-state index in [0.717, 1.165) is 42.6 Å². The van der Waals surface area contributed by atoms with Crippen LogP contribution < -0.4 is 10.2 Å². The Labute approximate surface area is 182 Å². The molecule has 1 saturated carbocycles. The number of nitrogens with one attached hydrogen (secondary N) is 1. The Morgan fingerprint density at radius 3 is 2.37 bits per heavy atom. The van der Waals surface area contributed by atoms with E-state index in [1.165, 1.54) is 6.42 Å². The van der Waals surface area contributed by atoms with Gasteiger partial charge in [-0.05, 0) is 42.0 Å². The number of methoxy groups -OCH3 is 1. The molecule has 0 radical (unpaired) electrons. The quantitative estimate of drug-likeness (QED) is 0.679. The minimum Gasteiger partial charge on any atom is -0.377 e. The van der Waals surface area contributed by atoms with Gasteiger partial charge in [0.05, 0.1) is 0 Å². The van der Waals surface area contributed by atoms with Crippen molar-refractivity contribution >= 4 is 23.2 Å². The monoisotopic (exact) mass is 417 g/mol. The van der Waals surface area contributed by atoms with Gasteiger partial charge in [-0.2, -0.15) is 0 Å². The second-order valence-corrected chi connectivity index (χ2v) is 9.77. The number of rotatable bonds is 8. The number of hydrogen-bond donors (Lipinski definition) is 1. The van der Waals surface area contributed by atoms with Gasteiger partial charge in [0.25, 0.3) is 0 Å². The minimum atomic E-state index is -0.0686. The van der Waals surface area contributed by atoms with Crippen LogP contribution in [-0.4, -0.2) is 50.6 Å². The van der Waals surface area contributed by atoms with Crippen LogP contribution in [-0.2, 0) is 20.9 Å². The summed E-state index contributed by atoms with van der Waals surface area (Å²) in [5.41, 5.74) is 2.78. The Morgan fingerprint density at radius 1 is 1.13 bits per heavy atom. The molecule has 1 aromatic rings. The molecule has 1 N–H and O–H groups in total. The molecule has 0 heterocycles. The Balaban J connectivity index is 2.28. The van der Waals surface area contributed by atoms with Gasteiger partial charge in [-0.25, -0.2) is 0 Å². The molecular formula is C24H39N3O3. The zero-order chi connectivity index (χ0) is 22.3. The standard InChI is InChI=1S/C24H39N3O3/c1-24(2,3)15-22(28)25-19-12-13-21(26(4)5)18(14-19)16-27(23(29)17-30-6)20-10-8-7-9-11-20/h12-14,20H,7-11,15-17H2,1-6H3,(H,25,28). The van der Waals surface area contributed by atoms with Gasteiger partial charge in [-0.3, -0.25) is 9.59 Å². The molecule has 1 fully saturated rings. The number of carbonyl (C=O) groups excluding carboxylic acids is 2. The predicted octanol–water partition coefficient (Wildman–Crippen LogP) is 4.44. The van der Waals surface area contributed by atoms with Gasteiger partial charge >= 0.3 is 0 Å². The third kappa shape index (κ3) is 7.31. The second kappa shape index (κ2) is 10.8. The molecule has 6 nitrogen and oxygen atoms in total. The van der Waals surface area contributed by atoms with Crippen LogP contribution in [0, 0.1) is 5.41 Å². The van der Waals surface area contributed by atoms with Crippen molar-refractivity contribution in [2.75, 3.05) is 38.0 Å². The Hall–Kier alpha value is -2.08. The lowest BCUT2D eigenvalue weighted by Gasteiger charge is -2.35. The van der Waals surface area contributed by atoms with Gasteiger partial charge in [0.1, 0.15) is 6.61 Å².